The summed E-state index contributed by atoms with van der Waals surface area (Å²) in [6.07, 6.45) is 9.21. The summed E-state index contributed by atoms with van der Waals surface area (Å²) in [6, 6.07) is 10.0. The lowest BCUT2D eigenvalue weighted by molar-refractivity contribution is -0.123. The van der Waals surface area contributed by atoms with Crippen LogP contribution in [0.4, 0.5) is 5.69 Å². The summed E-state index contributed by atoms with van der Waals surface area (Å²) >= 11 is 0. The molecule has 0 unspecified atom stereocenters. The molecule has 1 saturated carbocycles. The quantitative estimate of drug-likeness (QED) is 0.897. The number of rotatable bonds is 5. The van der Waals surface area contributed by atoms with Gasteiger partial charge in [-0.1, -0.05) is 50.3 Å². The van der Waals surface area contributed by atoms with E-state index in [-0.39, 0.29) is 5.92 Å². The minimum atomic E-state index is 0.197. The molecule has 2 N–H and O–H groups in total. The van der Waals surface area contributed by atoms with Gasteiger partial charge < -0.3 is 10.6 Å². The topological polar surface area (TPSA) is 46.3 Å². The molecule has 0 aliphatic heterocycles. The minimum absolute atomic E-state index is 0.197. The fraction of sp³-hybridized carbons (Fsp3) is 0.611. The van der Waals surface area contributed by atoms with Crippen molar-refractivity contribution in [3.8, 4) is 0 Å². The van der Waals surface area contributed by atoms with Gasteiger partial charge in [-0.2, -0.15) is 0 Å². The van der Waals surface area contributed by atoms with Crippen LogP contribution in [0.25, 0.3) is 0 Å². The molecule has 0 saturated heterocycles. The third-order valence-electron chi connectivity index (χ3n) is 4.37. The van der Waals surface area contributed by atoms with Gasteiger partial charge in [0.25, 0.3) is 0 Å². The third kappa shape index (κ3) is 4.85. The summed E-state index contributed by atoms with van der Waals surface area (Å²) in [5.41, 5.74) is 6.65. The zero-order valence-corrected chi connectivity index (χ0v) is 13.0. The van der Waals surface area contributed by atoms with Crippen LogP contribution in [0.15, 0.2) is 30.3 Å². The maximum absolute atomic E-state index is 13.0. The molecule has 0 heterocycles. The van der Waals surface area contributed by atoms with E-state index in [1.165, 1.54) is 32.1 Å². The first-order valence-electron chi connectivity index (χ1n) is 8.39. The molecule has 1 aliphatic carbocycles. The largest absolute Gasteiger partial charge is 0.330 e. The van der Waals surface area contributed by atoms with Crippen LogP contribution in [-0.4, -0.2) is 19.0 Å². The molecule has 1 aliphatic rings. The van der Waals surface area contributed by atoms with Gasteiger partial charge in [-0.15, -0.1) is 0 Å². The van der Waals surface area contributed by atoms with Gasteiger partial charge in [0.1, 0.15) is 0 Å². The summed E-state index contributed by atoms with van der Waals surface area (Å²) in [7, 11) is 0. The van der Waals surface area contributed by atoms with Crippen LogP contribution < -0.4 is 10.6 Å². The van der Waals surface area contributed by atoms with Crippen molar-refractivity contribution in [1.29, 1.82) is 0 Å². The SMILES string of the molecule is NCCCN(C(=O)C1CCCCCCC1)c1ccccc1. The summed E-state index contributed by atoms with van der Waals surface area (Å²) in [5.74, 6) is 0.500. The number of para-hydroxylation sites is 1. The molecule has 0 radical (unpaired) electrons. The highest BCUT2D eigenvalue weighted by Crippen LogP contribution is 2.26. The fourth-order valence-corrected chi connectivity index (χ4v) is 3.15. The summed E-state index contributed by atoms with van der Waals surface area (Å²) in [4.78, 5) is 14.9. The number of nitrogens with two attached hydrogens (primary N) is 1. The van der Waals surface area contributed by atoms with Crippen LogP contribution in [0.3, 0.4) is 0 Å². The van der Waals surface area contributed by atoms with E-state index in [9.17, 15) is 4.79 Å². The molecule has 0 atom stereocenters. The second-order valence-corrected chi connectivity index (χ2v) is 6.01. The van der Waals surface area contributed by atoms with Crippen molar-refractivity contribution < 1.29 is 4.79 Å². The number of amides is 1. The number of carbonyl (C=O) groups excluding carboxylic acids is 1. The Morgan fingerprint density at radius 2 is 1.67 bits per heavy atom. The molecule has 21 heavy (non-hydrogen) atoms. The molecule has 1 amide bonds. The summed E-state index contributed by atoms with van der Waals surface area (Å²) < 4.78 is 0. The van der Waals surface area contributed by atoms with E-state index >= 15 is 0 Å². The first kappa shape index (κ1) is 16.0. The third-order valence-corrected chi connectivity index (χ3v) is 4.37. The lowest BCUT2D eigenvalue weighted by atomic mass is 9.90. The highest BCUT2D eigenvalue weighted by atomic mass is 16.2. The standard InChI is InChI=1S/C18H28N2O/c19-14-9-15-20(17-12-7-4-8-13-17)18(21)16-10-5-2-1-3-6-11-16/h4,7-8,12-13,16H,1-3,5-6,9-11,14-15,19H2. The van der Waals surface area contributed by atoms with E-state index in [4.69, 9.17) is 5.73 Å². The van der Waals surface area contributed by atoms with Gasteiger partial charge in [0, 0.05) is 18.2 Å². The van der Waals surface area contributed by atoms with Gasteiger partial charge in [-0.25, -0.2) is 0 Å². The van der Waals surface area contributed by atoms with E-state index in [1.807, 2.05) is 35.2 Å². The van der Waals surface area contributed by atoms with Gasteiger partial charge in [0.05, 0.1) is 0 Å². The normalized spacial score (nSPS) is 17.0. The molecule has 1 aromatic rings. The molecule has 116 valence electrons. The van der Waals surface area contributed by atoms with Gasteiger partial charge >= 0.3 is 0 Å². The smallest absolute Gasteiger partial charge is 0.230 e. The van der Waals surface area contributed by atoms with Crippen molar-refractivity contribution in [2.75, 3.05) is 18.0 Å². The highest BCUT2D eigenvalue weighted by molar-refractivity contribution is 5.95. The lowest BCUT2D eigenvalue weighted by Gasteiger charge is -2.28. The van der Waals surface area contributed by atoms with Crippen LogP contribution in [0.1, 0.15) is 51.4 Å². The Labute approximate surface area is 128 Å². The number of benzene rings is 1. The zero-order chi connectivity index (χ0) is 14.9. The molecule has 1 aromatic carbocycles. The second-order valence-electron chi connectivity index (χ2n) is 6.01. The van der Waals surface area contributed by atoms with E-state index in [2.05, 4.69) is 0 Å². The van der Waals surface area contributed by atoms with Gasteiger partial charge in [-0.05, 0) is 37.9 Å². The highest BCUT2D eigenvalue weighted by Gasteiger charge is 2.25. The van der Waals surface area contributed by atoms with E-state index in [1.54, 1.807) is 0 Å². The molecular weight excluding hydrogens is 260 g/mol. The molecule has 0 aromatic heterocycles. The van der Waals surface area contributed by atoms with Crippen molar-refractivity contribution in [3.05, 3.63) is 30.3 Å². The Balaban J connectivity index is 2.09. The van der Waals surface area contributed by atoms with Crippen LogP contribution in [-0.2, 0) is 4.79 Å². The number of hydrogen-bond acceptors (Lipinski definition) is 2. The molecule has 3 nitrogen and oxygen atoms in total. The summed E-state index contributed by atoms with van der Waals surface area (Å²) in [6.45, 7) is 1.36. The first-order valence-corrected chi connectivity index (χ1v) is 8.39. The fourth-order valence-electron chi connectivity index (χ4n) is 3.15. The van der Waals surface area contributed by atoms with Crippen LogP contribution in [0.2, 0.25) is 0 Å². The molecule has 3 heteroatoms. The maximum Gasteiger partial charge on any atom is 0.230 e. The average Bonchev–Trinajstić information content (AvgIpc) is 2.48. The van der Waals surface area contributed by atoms with Crippen molar-refractivity contribution in [2.45, 2.75) is 51.4 Å². The Bertz CT molecular complexity index is 410. The van der Waals surface area contributed by atoms with Crippen molar-refractivity contribution in [3.63, 3.8) is 0 Å². The number of hydrogen-bond donors (Lipinski definition) is 1. The Hall–Kier alpha value is -1.35. The number of nitrogens with zero attached hydrogens (tertiary/aromatic N) is 1. The van der Waals surface area contributed by atoms with Crippen LogP contribution in [0, 0.1) is 5.92 Å². The van der Waals surface area contributed by atoms with Gasteiger partial charge in [0.2, 0.25) is 5.91 Å². The predicted molar refractivity (Wildman–Crippen MR) is 88.3 cm³/mol. The Morgan fingerprint density at radius 1 is 1.05 bits per heavy atom. The molecule has 1 fully saturated rings. The van der Waals surface area contributed by atoms with Gasteiger partial charge in [0.15, 0.2) is 0 Å². The van der Waals surface area contributed by atoms with E-state index < -0.39 is 0 Å². The molecule has 0 bridgehead atoms. The monoisotopic (exact) mass is 288 g/mol. The van der Waals surface area contributed by atoms with E-state index in [0.717, 1.165) is 31.5 Å². The average molecular weight is 288 g/mol. The Kier molecular flexibility index (Phi) is 6.74. The predicted octanol–water partition coefficient (Wildman–Crippen LogP) is 3.73. The maximum atomic E-state index is 13.0. The van der Waals surface area contributed by atoms with E-state index in [0.29, 0.717) is 12.5 Å². The van der Waals surface area contributed by atoms with Crippen LogP contribution >= 0.6 is 0 Å². The zero-order valence-electron chi connectivity index (χ0n) is 13.0. The van der Waals surface area contributed by atoms with Crippen molar-refractivity contribution in [2.24, 2.45) is 11.7 Å². The van der Waals surface area contributed by atoms with Gasteiger partial charge in [-0.3, -0.25) is 4.79 Å². The molecule has 2 rings (SSSR count). The molecular formula is C18H28N2O. The van der Waals surface area contributed by atoms with Crippen molar-refractivity contribution >= 4 is 11.6 Å². The molecule has 0 spiro atoms. The van der Waals surface area contributed by atoms with Crippen molar-refractivity contribution in [1.82, 2.24) is 0 Å². The number of anilines is 1. The second kappa shape index (κ2) is 8.83. The summed E-state index contributed by atoms with van der Waals surface area (Å²) in [5, 5.41) is 0. The minimum Gasteiger partial charge on any atom is -0.330 e. The number of carbonyl (C=O) groups is 1. The lowest BCUT2D eigenvalue weighted by Crippen LogP contribution is -2.38. The first-order chi connectivity index (χ1) is 10.3. The Morgan fingerprint density at radius 3 is 2.29 bits per heavy atom. The van der Waals surface area contributed by atoms with Crippen LogP contribution in [0.5, 0.6) is 0 Å².